The lowest BCUT2D eigenvalue weighted by Crippen LogP contribution is -2.41. The van der Waals surface area contributed by atoms with Crippen LogP contribution in [0.25, 0.3) is 0 Å². The van der Waals surface area contributed by atoms with Crippen LogP contribution in [0.2, 0.25) is 0 Å². The molecule has 1 rings (SSSR count). The topological polar surface area (TPSA) is 97.4 Å². The first-order valence-corrected chi connectivity index (χ1v) is 6.44. The Hall–Kier alpha value is -2.33. The summed E-state index contributed by atoms with van der Waals surface area (Å²) in [7, 11) is 3.16. The molecule has 1 aromatic carbocycles. The highest BCUT2D eigenvalue weighted by atomic mass is 16.6. The number of nitriles is 1. The molecule has 7 nitrogen and oxygen atoms in total. The van der Waals surface area contributed by atoms with Gasteiger partial charge in [-0.05, 0) is 27.0 Å². The van der Waals surface area contributed by atoms with Gasteiger partial charge in [-0.3, -0.25) is 10.1 Å². The number of ether oxygens (including phenoxy) is 2. The maximum atomic E-state index is 11.0. The van der Waals surface area contributed by atoms with E-state index >= 15 is 0 Å². The first-order chi connectivity index (χ1) is 9.85. The summed E-state index contributed by atoms with van der Waals surface area (Å²) in [6.45, 7) is 3.50. The average molecular weight is 293 g/mol. The first kappa shape index (κ1) is 16.7. The molecule has 114 valence electrons. The van der Waals surface area contributed by atoms with Gasteiger partial charge in [-0.25, -0.2) is 0 Å². The van der Waals surface area contributed by atoms with E-state index in [-0.39, 0.29) is 17.5 Å². The second-order valence-corrected chi connectivity index (χ2v) is 4.92. The van der Waals surface area contributed by atoms with Crippen LogP contribution in [0.1, 0.15) is 20.3 Å². The van der Waals surface area contributed by atoms with Crippen molar-refractivity contribution in [3.63, 3.8) is 0 Å². The summed E-state index contributed by atoms with van der Waals surface area (Å²) in [5.74, 6) is 0.600. The fourth-order valence-electron chi connectivity index (χ4n) is 1.90. The van der Waals surface area contributed by atoms with Crippen molar-refractivity contribution in [2.75, 3.05) is 14.2 Å². The molecule has 0 spiro atoms. The molecule has 0 aromatic heterocycles. The van der Waals surface area contributed by atoms with E-state index in [1.807, 2.05) is 0 Å². The third kappa shape index (κ3) is 4.33. The summed E-state index contributed by atoms with van der Waals surface area (Å²) in [6, 6.07) is 6.46. The molecule has 1 aromatic rings. The number of benzene rings is 1. The van der Waals surface area contributed by atoms with Gasteiger partial charge in [0.25, 0.3) is 0 Å². The summed E-state index contributed by atoms with van der Waals surface area (Å²) in [5, 5.41) is 23.1. The largest absolute Gasteiger partial charge is 0.497 e. The first-order valence-electron chi connectivity index (χ1n) is 6.44. The number of nitro benzene ring substituents is 1. The highest BCUT2D eigenvalue weighted by molar-refractivity contribution is 5.50. The maximum Gasteiger partial charge on any atom is 0.311 e. The van der Waals surface area contributed by atoms with Crippen molar-refractivity contribution in [2.45, 2.75) is 31.9 Å². The van der Waals surface area contributed by atoms with Crippen molar-refractivity contribution in [3.05, 3.63) is 28.3 Å². The SMILES string of the molecule is CNC(C)(C#N)CC(C)Oc1cc(OC)ccc1[N+](=O)[O-]. The molecular formula is C14H19N3O4. The molecular weight excluding hydrogens is 274 g/mol. The molecule has 0 amide bonds. The molecule has 0 heterocycles. The number of nitrogens with zero attached hydrogens (tertiary/aromatic N) is 2. The van der Waals surface area contributed by atoms with E-state index in [2.05, 4.69) is 11.4 Å². The van der Waals surface area contributed by atoms with Crippen LogP contribution in [0.5, 0.6) is 11.5 Å². The van der Waals surface area contributed by atoms with Gasteiger partial charge in [0.15, 0.2) is 0 Å². The molecule has 2 unspecified atom stereocenters. The summed E-state index contributed by atoms with van der Waals surface area (Å²) in [4.78, 5) is 10.5. The molecule has 21 heavy (non-hydrogen) atoms. The van der Waals surface area contributed by atoms with Crippen molar-refractivity contribution in [3.8, 4) is 17.6 Å². The van der Waals surface area contributed by atoms with Gasteiger partial charge in [0.2, 0.25) is 5.75 Å². The van der Waals surface area contributed by atoms with Gasteiger partial charge in [0.1, 0.15) is 11.3 Å². The zero-order valence-electron chi connectivity index (χ0n) is 12.5. The molecule has 0 fully saturated rings. The van der Waals surface area contributed by atoms with Gasteiger partial charge >= 0.3 is 5.69 Å². The fraction of sp³-hybridized carbons (Fsp3) is 0.500. The zero-order chi connectivity index (χ0) is 16.0. The van der Waals surface area contributed by atoms with Crippen molar-refractivity contribution in [2.24, 2.45) is 0 Å². The van der Waals surface area contributed by atoms with Gasteiger partial charge in [-0.1, -0.05) is 0 Å². The quantitative estimate of drug-likeness (QED) is 0.611. The number of methoxy groups -OCH3 is 1. The standard InChI is InChI=1S/C14H19N3O4/c1-10(8-14(2,9-15)16-3)21-13-7-11(20-4)5-6-12(13)17(18)19/h5-7,10,16H,8H2,1-4H3. The van der Waals surface area contributed by atoms with Crippen molar-refractivity contribution >= 4 is 5.69 Å². The number of rotatable bonds is 7. The van der Waals surface area contributed by atoms with Crippen LogP contribution >= 0.6 is 0 Å². The van der Waals surface area contributed by atoms with Crippen LogP contribution in [-0.4, -0.2) is 30.7 Å². The summed E-state index contributed by atoms with van der Waals surface area (Å²) < 4.78 is 10.7. The minimum atomic E-state index is -0.757. The number of nitrogens with one attached hydrogen (secondary N) is 1. The molecule has 1 N–H and O–H groups in total. The monoisotopic (exact) mass is 293 g/mol. The Kier molecular flexibility index (Phi) is 5.50. The molecule has 0 radical (unpaired) electrons. The van der Waals surface area contributed by atoms with Crippen molar-refractivity contribution in [1.82, 2.24) is 5.32 Å². The molecule has 0 saturated heterocycles. The second kappa shape index (κ2) is 6.90. The third-order valence-electron chi connectivity index (χ3n) is 3.19. The zero-order valence-corrected chi connectivity index (χ0v) is 12.5. The summed E-state index contributed by atoms with van der Waals surface area (Å²) >= 11 is 0. The lowest BCUT2D eigenvalue weighted by molar-refractivity contribution is -0.386. The predicted octanol–water partition coefficient (Wildman–Crippen LogP) is 2.26. The van der Waals surface area contributed by atoms with E-state index in [1.54, 1.807) is 20.9 Å². The van der Waals surface area contributed by atoms with Gasteiger partial charge in [0.05, 0.1) is 24.2 Å². The minimum Gasteiger partial charge on any atom is -0.497 e. The van der Waals surface area contributed by atoms with Gasteiger partial charge in [0, 0.05) is 18.6 Å². The van der Waals surface area contributed by atoms with Crippen LogP contribution < -0.4 is 14.8 Å². The van der Waals surface area contributed by atoms with E-state index < -0.39 is 10.5 Å². The fourth-order valence-corrected chi connectivity index (χ4v) is 1.90. The van der Waals surface area contributed by atoms with E-state index in [1.165, 1.54) is 25.3 Å². The number of hydrogen-bond donors (Lipinski definition) is 1. The summed E-state index contributed by atoms with van der Waals surface area (Å²) in [6.07, 6.45) is 0.00173. The minimum absolute atomic E-state index is 0.128. The Bertz CT molecular complexity index is 556. The maximum absolute atomic E-state index is 11.0. The van der Waals surface area contributed by atoms with Crippen LogP contribution in [0.3, 0.4) is 0 Å². The highest BCUT2D eigenvalue weighted by Crippen LogP contribution is 2.32. The smallest absolute Gasteiger partial charge is 0.311 e. The third-order valence-corrected chi connectivity index (χ3v) is 3.19. The Balaban J connectivity index is 2.96. The number of nitro groups is 1. The second-order valence-electron chi connectivity index (χ2n) is 4.92. The molecule has 7 heteroatoms. The van der Waals surface area contributed by atoms with E-state index in [4.69, 9.17) is 14.7 Å². The Labute approximate surface area is 123 Å². The average Bonchev–Trinajstić information content (AvgIpc) is 2.46. The van der Waals surface area contributed by atoms with Gasteiger partial charge < -0.3 is 14.8 Å². The molecule has 0 aliphatic heterocycles. The van der Waals surface area contributed by atoms with Crippen LogP contribution in [0.4, 0.5) is 5.69 Å². The van der Waals surface area contributed by atoms with E-state index in [0.29, 0.717) is 12.2 Å². The molecule has 0 saturated carbocycles. The van der Waals surface area contributed by atoms with Crippen molar-refractivity contribution < 1.29 is 14.4 Å². The summed E-state index contributed by atoms with van der Waals surface area (Å²) in [5.41, 5.74) is -0.890. The van der Waals surface area contributed by atoms with E-state index in [0.717, 1.165) is 0 Å². The molecule has 0 aliphatic carbocycles. The number of hydrogen-bond acceptors (Lipinski definition) is 6. The van der Waals surface area contributed by atoms with Crippen LogP contribution in [0.15, 0.2) is 18.2 Å². The highest BCUT2D eigenvalue weighted by Gasteiger charge is 2.27. The Morgan fingerprint density at radius 2 is 2.24 bits per heavy atom. The lowest BCUT2D eigenvalue weighted by atomic mass is 9.97. The lowest BCUT2D eigenvalue weighted by Gasteiger charge is -2.25. The molecule has 0 aliphatic rings. The van der Waals surface area contributed by atoms with E-state index in [9.17, 15) is 10.1 Å². The van der Waals surface area contributed by atoms with Gasteiger partial charge in [-0.2, -0.15) is 5.26 Å². The van der Waals surface area contributed by atoms with Gasteiger partial charge in [-0.15, -0.1) is 0 Å². The Morgan fingerprint density at radius 3 is 2.71 bits per heavy atom. The van der Waals surface area contributed by atoms with Crippen LogP contribution in [0, 0.1) is 21.4 Å². The Morgan fingerprint density at radius 1 is 1.57 bits per heavy atom. The predicted molar refractivity (Wildman–Crippen MR) is 77.4 cm³/mol. The van der Waals surface area contributed by atoms with Crippen molar-refractivity contribution in [1.29, 1.82) is 5.26 Å². The van der Waals surface area contributed by atoms with Crippen LogP contribution in [-0.2, 0) is 0 Å². The molecule has 2 atom stereocenters. The molecule has 0 bridgehead atoms. The normalized spacial score (nSPS) is 14.6.